The molecule has 0 amide bonds. The first-order valence-electron chi connectivity index (χ1n) is 14.5. The predicted molar refractivity (Wildman–Crippen MR) is 154 cm³/mol. The van der Waals surface area contributed by atoms with Crippen LogP contribution in [-0.4, -0.2) is 96.4 Å². The van der Waals surface area contributed by atoms with Crippen molar-refractivity contribution in [1.29, 1.82) is 0 Å². The van der Waals surface area contributed by atoms with Crippen molar-refractivity contribution in [2.45, 2.75) is 96.0 Å². The van der Waals surface area contributed by atoms with Crippen LogP contribution in [-0.2, 0) is 52.3 Å². The van der Waals surface area contributed by atoms with Crippen molar-refractivity contribution in [3.63, 3.8) is 0 Å². The van der Waals surface area contributed by atoms with E-state index in [1.54, 1.807) is 36.4 Å². The normalized spacial score (nSPS) is 30.7. The molecule has 2 aliphatic rings. The van der Waals surface area contributed by atoms with Crippen LogP contribution in [0.3, 0.4) is 0 Å². The molecule has 1 N–H and O–H groups in total. The predicted octanol–water partition coefficient (Wildman–Crippen LogP) is 2.10. The van der Waals surface area contributed by atoms with Crippen LogP contribution >= 0.6 is 0 Å². The Balaban J connectivity index is 1.74. The Morgan fingerprint density at radius 3 is 1.46 bits per heavy atom. The SMILES string of the molecule is CC(=O)O[C@@H]1[C@@H](OC(C)=O)[C@H](C)O[C@@H](O[C@@H]2[C@@H](OC(=O)c3ccccc3)[C@H](C)O[C@@H](O)[C@@H]2OC(=O)c2ccccc2)[C@@H]1OC(C)=O. The van der Waals surface area contributed by atoms with E-state index >= 15 is 0 Å². The Kier molecular flexibility index (Phi) is 11.5. The lowest BCUT2D eigenvalue weighted by Gasteiger charge is -2.47. The van der Waals surface area contributed by atoms with Crippen LogP contribution in [0.2, 0.25) is 0 Å². The van der Waals surface area contributed by atoms with E-state index in [2.05, 4.69) is 0 Å². The Labute approximate surface area is 264 Å². The summed E-state index contributed by atoms with van der Waals surface area (Å²) in [7, 11) is 0. The van der Waals surface area contributed by atoms with E-state index in [1.165, 1.54) is 38.1 Å². The maximum atomic E-state index is 13.2. The molecule has 2 saturated heterocycles. The van der Waals surface area contributed by atoms with E-state index in [1.807, 2.05) is 0 Å². The van der Waals surface area contributed by atoms with Gasteiger partial charge in [0.15, 0.2) is 43.1 Å². The van der Waals surface area contributed by atoms with Gasteiger partial charge in [-0.05, 0) is 38.1 Å². The number of carbonyl (C=O) groups is 5. The Bertz CT molecular complexity index is 1320. The average molecular weight is 645 g/mol. The van der Waals surface area contributed by atoms with Crippen molar-refractivity contribution in [3.05, 3.63) is 71.8 Å². The standard InChI is InChI=1S/C32H36O14/c1-16-24(44-29(36)21-12-8-6-9-13-21)25(27(31(38)39-16)45-30(37)22-14-10-7-11-15-22)46-32-28(43-20(5)35)26(42-19(4)34)23(17(2)40-32)41-18(3)33/h6-17,23-28,31-32,38H,1-5H3/t16-,17-,23-,24-,25+,26+,27+,28+,31+,32-/m0/s1. The first-order chi connectivity index (χ1) is 21.8. The van der Waals surface area contributed by atoms with Gasteiger partial charge in [-0.25, -0.2) is 9.59 Å². The summed E-state index contributed by atoms with van der Waals surface area (Å²) in [5.41, 5.74) is 0.334. The van der Waals surface area contributed by atoms with Gasteiger partial charge in [0, 0.05) is 20.8 Å². The molecule has 2 fully saturated rings. The van der Waals surface area contributed by atoms with E-state index in [0.29, 0.717) is 0 Å². The summed E-state index contributed by atoms with van der Waals surface area (Å²) in [6.45, 7) is 6.36. The molecule has 4 rings (SSSR count). The van der Waals surface area contributed by atoms with Crippen LogP contribution in [0.4, 0.5) is 0 Å². The van der Waals surface area contributed by atoms with Crippen molar-refractivity contribution >= 4 is 29.8 Å². The zero-order chi connectivity index (χ0) is 33.5. The van der Waals surface area contributed by atoms with Crippen LogP contribution in [0.1, 0.15) is 55.3 Å². The number of hydrogen-bond donors (Lipinski definition) is 1. The van der Waals surface area contributed by atoms with Gasteiger partial charge in [-0.3, -0.25) is 14.4 Å². The fraction of sp³-hybridized carbons (Fsp3) is 0.469. The zero-order valence-corrected chi connectivity index (χ0v) is 25.8. The van der Waals surface area contributed by atoms with Crippen LogP contribution in [0.15, 0.2) is 60.7 Å². The third-order valence-corrected chi connectivity index (χ3v) is 7.18. The summed E-state index contributed by atoms with van der Waals surface area (Å²) in [5, 5.41) is 11.0. The van der Waals surface area contributed by atoms with Crippen LogP contribution in [0.5, 0.6) is 0 Å². The highest BCUT2D eigenvalue weighted by Crippen LogP contribution is 2.35. The molecule has 10 atom stereocenters. The zero-order valence-electron chi connectivity index (χ0n) is 25.8. The lowest BCUT2D eigenvalue weighted by atomic mass is 9.96. The fourth-order valence-corrected chi connectivity index (χ4v) is 5.20. The lowest BCUT2D eigenvalue weighted by Crippen LogP contribution is -2.65. The highest BCUT2D eigenvalue weighted by molar-refractivity contribution is 5.90. The van der Waals surface area contributed by atoms with Gasteiger partial charge < -0.3 is 43.0 Å². The number of aliphatic hydroxyl groups is 1. The smallest absolute Gasteiger partial charge is 0.338 e. The number of ether oxygens (including phenoxy) is 8. The molecule has 46 heavy (non-hydrogen) atoms. The highest BCUT2D eigenvalue weighted by Gasteiger charge is 2.56. The minimum absolute atomic E-state index is 0.143. The van der Waals surface area contributed by atoms with Gasteiger partial charge in [0.25, 0.3) is 0 Å². The van der Waals surface area contributed by atoms with Crippen molar-refractivity contribution in [2.24, 2.45) is 0 Å². The molecule has 14 heteroatoms. The van der Waals surface area contributed by atoms with Crippen LogP contribution in [0.25, 0.3) is 0 Å². The summed E-state index contributed by atoms with van der Waals surface area (Å²) in [4.78, 5) is 62.6. The molecule has 248 valence electrons. The van der Waals surface area contributed by atoms with Crippen LogP contribution in [0, 0.1) is 0 Å². The second-order valence-electron chi connectivity index (χ2n) is 10.7. The molecule has 0 aliphatic carbocycles. The second-order valence-corrected chi connectivity index (χ2v) is 10.7. The number of hydrogen-bond acceptors (Lipinski definition) is 14. The maximum absolute atomic E-state index is 13.2. The lowest BCUT2D eigenvalue weighted by molar-refractivity contribution is -0.349. The molecule has 2 aliphatic heterocycles. The number of aliphatic hydroxyl groups excluding tert-OH is 1. The maximum Gasteiger partial charge on any atom is 0.338 e. The van der Waals surface area contributed by atoms with Crippen molar-refractivity contribution < 1.29 is 67.0 Å². The van der Waals surface area contributed by atoms with Gasteiger partial charge in [-0.1, -0.05) is 36.4 Å². The fourth-order valence-electron chi connectivity index (χ4n) is 5.20. The van der Waals surface area contributed by atoms with E-state index < -0.39 is 91.3 Å². The average Bonchev–Trinajstić information content (AvgIpc) is 3.00. The Morgan fingerprint density at radius 1 is 0.543 bits per heavy atom. The first kappa shape index (κ1) is 34.5. The molecule has 0 saturated carbocycles. The van der Waals surface area contributed by atoms with Crippen molar-refractivity contribution in [2.75, 3.05) is 0 Å². The highest BCUT2D eigenvalue weighted by atomic mass is 16.8. The third-order valence-electron chi connectivity index (χ3n) is 7.18. The van der Waals surface area contributed by atoms with Gasteiger partial charge in [0.1, 0.15) is 6.10 Å². The summed E-state index contributed by atoms with van der Waals surface area (Å²) >= 11 is 0. The largest absolute Gasteiger partial charge is 0.456 e. The number of esters is 5. The van der Waals surface area contributed by atoms with Gasteiger partial charge >= 0.3 is 29.8 Å². The molecule has 0 aromatic heterocycles. The van der Waals surface area contributed by atoms with Crippen molar-refractivity contribution in [1.82, 2.24) is 0 Å². The van der Waals surface area contributed by atoms with Gasteiger partial charge in [0.2, 0.25) is 0 Å². The quantitative estimate of drug-likeness (QED) is 0.310. The van der Waals surface area contributed by atoms with Gasteiger partial charge in [-0.2, -0.15) is 0 Å². The van der Waals surface area contributed by atoms with E-state index in [-0.39, 0.29) is 11.1 Å². The summed E-state index contributed by atoms with van der Waals surface area (Å²) in [6, 6.07) is 15.9. The molecule has 2 aromatic rings. The van der Waals surface area contributed by atoms with E-state index in [9.17, 15) is 29.1 Å². The molecule has 0 spiro atoms. The van der Waals surface area contributed by atoms with Gasteiger partial charge in [-0.15, -0.1) is 0 Å². The topological polar surface area (TPSA) is 179 Å². The first-order valence-corrected chi connectivity index (χ1v) is 14.5. The monoisotopic (exact) mass is 644 g/mol. The molecule has 14 nitrogen and oxygen atoms in total. The van der Waals surface area contributed by atoms with Gasteiger partial charge in [0.05, 0.1) is 23.3 Å². The molecular formula is C32H36O14. The molecule has 0 radical (unpaired) electrons. The summed E-state index contributed by atoms with van der Waals surface area (Å²) in [6.07, 6.45) is -14.0. The van der Waals surface area contributed by atoms with E-state index in [4.69, 9.17) is 37.9 Å². The number of benzene rings is 2. The number of rotatable bonds is 9. The Hall–Kier alpha value is -4.37. The molecule has 2 aromatic carbocycles. The second kappa shape index (κ2) is 15.3. The molecule has 0 bridgehead atoms. The minimum Gasteiger partial charge on any atom is -0.456 e. The van der Waals surface area contributed by atoms with E-state index in [0.717, 1.165) is 20.8 Å². The minimum atomic E-state index is -1.77. The Morgan fingerprint density at radius 2 is 0.957 bits per heavy atom. The van der Waals surface area contributed by atoms with Crippen molar-refractivity contribution in [3.8, 4) is 0 Å². The summed E-state index contributed by atoms with van der Waals surface area (Å²) in [5.74, 6) is -3.96. The summed E-state index contributed by atoms with van der Waals surface area (Å²) < 4.78 is 45.7. The van der Waals surface area contributed by atoms with Crippen LogP contribution < -0.4 is 0 Å². The molecule has 0 unspecified atom stereocenters. The number of carbonyl (C=O) groups excluding carboxylic acids is 5. The molecule has 2 heterocycles. The molecular weight excluding hydrogens is 608 g/mol. The third kappa shape index (κ3) is 8.46.